The zero-order valence-electron chi connectivity index (χ0n) is 14.9. The van der Waals surface area contributed by atoms with Crippen molar-refractivity contribution in [3.05, 3.63) is 48.0 Å². The first-order valence-electron chi connectivity index (χ1n) is 8.41. The molecule has 0 saturated carbocycles. The number of rotatable bonds is 5. The van der Waals surface area contributed by atoms with E-state index < -0.39 is 0 Å². The normalized spacial score (nSPS) is 12.2. The van der Waals surface area contributed by atoms with Gasteiger partial charge in [0.25, 0.3) is 0 Å². The van der Waals surface area contributed by atoms with Crippen LogP contribution in [0, 0.1) is 6.92 Å². The van der Waals surface area contributed by atoms with Gasteiger partial charge in [-0.25, -0.2) is 4.98 Å². The fourth-order valence-electron chi connectivity index (χ4n) is 2.87. The summed E-state index contributed by atoms with van der Waals surface area (Å²) in [6.07, 6.45) is 0. The Bertz CT molecular complexity index is 1020. The highest BCUT2D eigenvalue weighted by Crippen LogP contribution is 2.37. The number of hydrogen-bond acceptors (Lipinski definition) is 6. The van der Waals surface area contributed by atoms with E-state index in [1.54, 1.807) is 7.11 Å². The van der Waals surface area contributed by atoms with Crippen LogP contribution in [-0.2, 0) is 4.79 Å². The van der Waals surface area contributed by atoms with Crippen LogP contribution in [0.4, 0.5) is 5.69 Å². The molecule has 0 aliphatic carbocycles. The topological polar surface area (TPSA) is 69.7 Å². The second-order valence-corrected chi connectivity index (χ2v) is 7.01. The van der Waals surface area contributed by atoms with Crippen LogP contribution in [0.25, 0.3) is 10.9 Å². The second kappa shape index (κ2) is 7.36. The molecule has 2 heterocycles. The van der Waals surface area contributed by atoms with Gasteiger partial charge in [-0.1, -0.05) is 23.9 Å². The molecule has 1 aliphatic rings. The Kier molecular flexibility index (Phi) is 4.77. The van der Waals surface area contributed by atoms with Crippen molar-refractivity contribution in [3.63, 3.8) is 0 Å². The molecule has 7 heteroatoms. The van der Waals surface area contributed by atoms with Crippen LogP contribution in [0.5, 0.6) is 17.2 Å². The highest BCUT2D eigenvalue weighted by Gasteiger charge is 2.16. The van der Waals surface area contributed by atoms with Crippen LogP contribution >= 0.6 is 11.8 Å². The number of thioether (sulfide) groups is 1. The molecule has 1 amide bonds. The van der Waals surface area contributed by atoms with E-state index in [-0.39, 0.29) is 18.5 Å². The fourth-order valence-corrected chi connectivity index (χ4v) is 3.66. The Labute approximate surface area is 160 Å². The number of aryl methyl sites for hydroxylation is 1. The molecule has 138 valence electrons. The summed E-state index contributed by atoms with van der Waals surface area (Å²) in [5, 5.41) is 4.68. The van der Waals surface area contributed by atoms with Crippen LogP contribution in [0.1, 0.15) is 5.56 Å². The number of methoxy groups -OCH3 is 1. The van der Waals surface area contributed by atoms with E-state index >= 15 is 0 Å². The number of anilines is 1. The van der Waals surface area contributed by atoms with Gasteiger partial charge >= 0.3 is 0 Å². The third-order valence-electron chi connectivity index (χ3n) is 4.17. The molecule has 0 radical (unpaired) electrons. The lowest BCUT2D eigenvalue weighted by Crippen LogP contribution is -2.14. The first-order chi connectivity index (χ1) is 13.1. The third-order valence-corrected chi connectivity index (χ3v) is 5.27. The molecular weight excluding hydrogens is 364 g/mol. The van der Waals surface area contributed by atoms with Crippen molar-refractivity contribution in [2.24, 2.45) is 0 Å². The third kappa shape index (κ3) is 3.64. The smallest absolute Gasteiger partial charge is 0.234 e. The number of carbonyl (C=O) groups is 1. The molecule has 1 aromatic heterocycles. The van der Waals surface area contributed by atoms with Crippen molar-refractivity contribution in [2.45, 2.75) is 11.9 Å². The van der Waals surface area contributed by atoms with E-state index in [9.17, 15) is 4.79 Å². The first-order valence-corrected chi connectivity index (χ1v) is 9.39. The molecule has 0 bridgehead atoms. The molecular formula is C20H18N2O4S. The lowest BCUT2D eigenvalue weighted by Gasteiger charge is -2.10. The quantitative estimate of drug-likeness (QED) is 0.673. The predicted octanol–water partition coefficient (Wildman–Crippen LogP) is 4.01. The molecule has 0 spiro atoms. The molecule has 4 rings (SSSR count). The fraction of sp³-hybridized carbons (Fsp3) is 0.200. The van der Waals surface area contributed by atoms with Gasteiger partial charge in [0.2, 0.25) is 12.7 Å². The van der Waals surface area contributed by atoms with Gasteiger partial charge in [-0.3, -0.25) is 4.79 Å². The molecule has 2 aromatic carbocycles. The van der Waals surface area contributed by atoms with Crippen LogP contribution < -0.4 is 19.5 Å². The number of aromatic nitrogens is 1. The van der Waals surface area contributed by atoms with Crippen LogP contribution in [-0.4, -0.2) is 30.5 Å². The Hall–Kier alpha value is -2.93. The average Bonchev–Trinajstić information content (AvgIpc) is 3.12. The second-order valence-electron chi connectivity index (χ2n) is 6.05. The summed E-state index contributed by atoms with van der Waals surface area (Å²) in [4.78, 5) is 17.0. The monoisotopic (exact) mass is 382 g/mol. The first kappa shape index (κ1) is 17.5. The molecule has 0 saturated heterocycles. The van der Waals surface area contributed by atoms with Crippen LogP contribution in [0.3, 0.4) is 0 Å². The Morgan fingerprint density at radius 3 is 2.81 bits per heavy atom. The van der Waals surface area contributed by atoms with Gasteiger partial charge in [0.05, 0.1) is 24.1 Å². The summed E-state index contributed by atoms with van der Waals surface area (Å²) >= 11 is 1.40. The van der Waals surface area contributed by atoms with Crippen molar-refractivity contribution in [3.8, 4) is 17.2 Å². The minimum Gasteiger partial charge on any atom is -0.495 e. The van der Waals surface area contributed by atoms with E-state index in [0.717, 1.165) is 27.2 Å². The lowest BCUT2D eigenvalue weighted by molar-refractivity contribution is -0.113. The zero-order valence-corrected chi connectivity index (χ0v) is 15.8. The summed E-state index contributed by atoms with van der Waals surface area (Å²) in [7, 11) is 1.58. The molecule has 1 N–H and O–H groups in total. The number of nitrogens with one attached hydrogen (secondary N) is 1. The molecule has 27 heavy (non-hydrogen) atoms. The number of benzene rings is 2. The van der Waals surface area contributed by atoms with Gasteiger partial charge in [0.15, 0.2) is 11.5 Å². The van der Waals surface area contributed by atoms with Gasteiger partial charge in [-0.05, 0) is 36.8 Å². The summed E-state index contributed by atoms with van der Waals surface area (Å²) in [5.74, 6) is 2.20. The van der Waals surface area contributed by atoms with Gasteiger partial charge in [-0.15, -0.1) is 0 Å². The largest absolute Gasteiger partial charge is 0.495 e. The highest BCUT2D eigenvalue weighted by molar-refractivity contribution is 8.00. The number of ether oxygens (including phenoxy) is 3. The predicted molar refractivity (Wildman–Crippen MR) is 105 cm³/mol. The summed E-state index contributed by atoms with van der Waals surface area (Å²) < 4.78 is 16.1. The van der Waals surface area contributed by atoms with Crippen LogP contribution in [0.2, 0.25) is 0 Å². The molecule has 0 fully saturated rings. The number of nitrogens with zero attached hydrogens (tertiary/aromatic N) is 1. The van der Waals surface area contributed by atoms with Gasteiger partial charge in [0, 0.05) is 11.5 Å². The minimum atomic E-state index is -0.114. The number of hydrogen-bond donors (Lipinski definition) is 1. The van der Waals surface area contributed by atoms with E-state index in [4.69, 9.17) is 14.2 Å². The molecule has 6 nitrogen and oxygen atoms in total. The number of amides is 1. The molecule has 0 atom stereocenters. The van der Waals surface area contributed by atoms with Crippen molar-refractivity contribution in [2.75, 3.05) is 25.0 Å². The van der Waals surface area contributed by atoms with Gasteiger partial charge in [-0.2, -0.15) is 0 Å². The minimum absolute atomic E-state index is 0.114. The van der Waals surface area contributed by atoms with Crippen molar-refractivity contribution < 1.29 is 19.0 Å². The summed E-state index contributed by atoms with van der Waals surface area (Å²) in [5.41, 5.74) is 2.48. The number of para-hydroxylation sites is 2. The summed E-state index contributed by atoms with van der Waals surface area (Å²) in [6.45, 7) is 2.22. The van der Waals surface area contributed by atoms with Crippen molar-refractivity contribution >= 4 is 34.3 Å². The maximum atomic E-state index is 12.3. The number of carbonyl (C=O) groups excluding carboxylic acids is 1. The average molecular weight is 382 g/mol. The molecule has 1 aliphatic heterocycles. The van der Waals surface area contributed by atoms with Crippen molar-refractivity contribution in [1.29, 1.82) is 0 Å². The van der Waals surface area contributed by atoms with Gasteiger partial charge in [0.1, 0.15) is 10.8 Å². The van der Waals surface area contributed by atoms with Crippen LogP contribution in [0.15, 0.2) is 47.5 Å². The van der Waals surface area contributed by atoms with E-state index in [2.05, 4.69) is 10.3 Å². The zero-order chi connectivity index (χ0) is 18.8. The van der Waals surface area contributed by atoms with E-state index in [0.29, 0.717) is 17.2 Å². The summed E-state index contributed by atoms with van der Waals surface area (Å²) in [6, 6.07) is 13.2. The Balaban J connectivity index is 1.49. The van der Waals surface area contributed by atoms with E-state index in [1.807, 2.05) is 49.4 Å². The van der Waals surface area contributed by atoms with Gasteiger partial charge < -0.3 is 19.5 Å². The number of pyridine rings is 1. The Morgan fingerprint density at radius 2 is 2.00 bits per heavy atom. The van der Waals surface area contributed by atoms with Crippen molar-refractivity contribution in [1.82, 2.24) is 4.98 Å². The maximum Gasteiger partial charge on any atom is 0.234 e. The molecule has 3 aromatic rings. The standard InChI is InChI=1S/C20H18N2O4S/c1-12-7-13-8-17-18(26-11-25-17)9-15(13)22-20(12)27-10-19(23)21-14-5-3-4-6-16(14)24-2/h3-9H,10-11H2,1-2H3,(H,21,23). The highest BCUT2D eigenvalue weighted by atomic mass is 32.2. The number of fused-ring (bicyclic) bond motifs is 2. The lowest BCUT2D eigenvalue weighted by atomic mass is 10.1. The Morgan fingerprint density at radius 1 is 1.22 bits per heavy atom. The van der Waals surface area contributed by atoms with E-state index in [1.165, 1.54) is 11.8 Å². The molecule has 0 unspecified atom stereocenters. The maximum absolute atomic E-state index is 12.3. The SMILES string of the molecule is COc1ccccc1NC(=O)CSc1nc2cc3c(cc2cc1C)OCO3.